The number of benzene rings is 3. The van der Waals surface area contributed by atoms with Crippen LogP contribution in [0.1, 0.15) is 31.8 Å². The van der Waals surface area contributed by atoms with Gasteiger partial charge in [0, 0.05) is 17.3 Å². The summed E-state index contributed by atoms with van der Waals surface area (Å²) in [6, 6.07) is 24.5. The Morgan fingerprint density at radius 3 is 1.97 bits per heavy atom. The lowest BCUT2D eigenvalue weighted by molar-refractivity contribution is 0.0846. The molecule has 1 aromatic heterocycles. The minimum Gasteiger partial charge on any atom is -0.267 e. The number of amides is 2. The molecule has 0 aliphatic carbocycles. The number of aryl methyl sites for hydroxylation is 2. The lowest BCUT2D eigenvalue weighted by Crippen LogP contribution is -2.42. The fourth-order valence-corrected chi connectivity index (χ4v) is 3.37. The number of para-hydroxylation sites is 1. The Bertz CT molecular complexity index is 1250. The van der Waals surface area contributed by atoms with Crippen molar-refractivity contribution in [3.8, 4) is 16.9 Å². The number of carbonyl (C=O) groups excluding carboxylic acids is 2. The zero-order chi connectivity index (χ0) is 21.8. The highest BCUT2D eigenvalue weighted by Gasteiger charge is 2.20. The van der Waals surface area contributed by atoms with E-state index in [1.54, 1.807) is 23.0 Å². The van der Waals surface area contributed by atoms with Crippen molar-refractivity contribution in [3.63, 3.8) is 0 Å². The van der Waals surface area contributed by atoms with Crippen molar-refractivity contribution in [2.45, 2.75) is 13.8 Å². The van der Waals surface area contributed by atoms with E-state index >= 15 is 0 Å². The largest absolute Gasteiger partial charge is 0.273 e. The van der Waals surface area contributed by atoms with Gasteiger partial charge in [0.2, 0.25) is 0 Å². The number of hydrogen-bond acceptors (Lipinski definition) is 3. The van der Waals surface area contributed by atoms with Gasteiger partial charge in [-0.2, -0.15) is 5.10 Å². The number of rotatable bonds is 4. The summed E-state index contributed by atoms with van der Waals surface area (Å²) in [7, 11) is 0. The first kappa shape index (κ1) is 20.1. The highest BCUT2D eigenvalue weighted by atomic mass is 16.2. The molecule has 31 heavy (non-hydrogen) atoms. The van der Waals surface area contributed by atoms with Gasteiger partial charge >= 0.3 is 0 Å². The van der Waals surface area contributed by atoms with Gasteiger partial charge in [0.15, 0.2) is 0 Å². The van der Waals surface area contributed by atoms with Crippen molar-refractivity contribution >= 4 is 11.8 Å². The van der Waals surface area contributed by atoms with Gasteiger partial charge in [0.25, 0.3) is 11.8 Å². The minimum absolute atomic E-state index is 0.364. The highest BCUT2D eigenvalue weighted by molar-refractivity contribution is 6.02. The summed E-state index contributed by atoms with van der Waals surface area (Å²) in [6.45, 7) is 3.81. The van der Waals surface area contributed by atoms with Crippen LogP contribution < -0.4 is 10.9 Å². The lowest BCUT2D eigenvalue weighted by atomic mass is 10.0. The molecule has 154 valence electrons. The van der Waals surface area contributed by atoms with Crippen LogP contribution in [-0.4, -0.2) is 21.6 Å². The monoisotopic (exact) mass is 410 g/mol. The van der Waals surface area contributed by atoms with Crippen molar-refractivity contribution in [2.24, 2.45) is 0 Å². The van der Waals surface area contributed by atoms with Gasteiger partial charge in [0.05, 0.1) is 11.3 Å². The maximum atomic E-state index is 13.0. The molecule has 3 aromatic carbocycles. The first-order valence-corrected chi connectivity index (χ1v) is 9.92. The van der Waals surface area contributed by atoms with Crippen LogP contribution in [-0.2, 0) is 0 Å². The van der Waals surface area contributed by atoms with Gasteiger partial charge in [-0.3, -0.25) is 20.4 Å². The van der Waals surface area contributed by atoms with Crippen LogP contribution in [0.3, 0.4) is 0 Å². The molecule has 0 aliphatic rings. The van der Waals surface area contributed by atoms with Gasteiger partial charge in [0.1, 0.15) is 5.69 Å². The molecular formula is C25H22N4O2. The van der Waals surface area contributed by atoms with E-state index in [4.69, 9.17) is 0 Å². The third-order valence-electron chi connectivity index (χ3n) is 5.06. The molecule has 2 amide bonds. The van der Waals surface area contributed by atoms with Gasteiger partial charge in [-0.15, -0.1) is 0 Å². The quantitative estimate of drug-likeness (QED) is 0.494. The van der Waals surface area contributed by atoms with Crippen molar-refractivity contribution in [2.75, 3.05) is 0 Å². The van der Waals surface area contributed by atoms with Crippen LogP contribution in [0.15, 0.2) is 85.1 Å². The first-order valence-electron chi connectivity index (χ1n) is 9.92. The fraction of sp³-hybridized carbons (Fsp3) is 0.0800. The molecule has 6 heteroatoms. The molecule has 0 spiro atoms. The topological polar surface area (TPSA) is 76.0 Å². The number of carbonyl (C=O) groups is 2. The normalized spacial score (nSPS) is 10.5. The van der Waals surface area contributed by atoms with Crippen molar-refractivity contribution in [1.82, 2.24) is 20.6 Å². The van der Waals surface area contributed by atoms with E-state index in [2.05, 4.69) is 16.0 Å². The summed E-state index contributed by atoms with van der Waals surface area (Å²) in [5, 5.41) is 4.68. The SMILES string of the molecule is Cc1ccccc1C(=O)NNC(=O)c1cn(-c2ccccc2)nc1-c1ccccc1C. The summed E-state index contributed by atoms with van der Waals surface area (Å²) in [6.07, 6.45) is 1.67. The second kappa shape index (κ2) is 8.67. The number of hydrogen-bond donors (Lipinski definition) is 2. The van der Waals surface area contributed by atoms with E-state index in [-0.39, 0.29) is 5.91 Å². The Morgan fingerprint density at radius 2 is 1.29 bits per heavy atom. The molecule has 0 fully saturated rings. The third kappa shape index (κ3) is 4.23. The highest BCUT2D eigenvalue weighted by Crippen LogP contribution is 2.26. The number of aromatic nitrogens is 2. The minimum atomic E-state index is -0.442. The maximum absolute atomic E-state index is 13.0. The van der Waals surface area contributed by atoms with Gasteiger partial charge in [-0.05, 0) is 43.2 Å². The Hall–Kier alpha value is -4.19. The van der Waals surface area contributed by atoms with Crippen LogP contribution in [0.2, 0.25) is 0 Å². The predicted octanol–water partition coefficient (Wildman–Crippen LogP) is 4.23. The summed E-state index contributed by atoms with van der Waals surface area (Å²) >= 11 is 0. The smallest absolute Gasteiger partial charge is 0.267 e. The average molecular weight is 410 g/mol. The third-order valence-corrected chi connectivity index (χ3v) is 5.06. The predicted molar refractivity (Wildman–Crippen MR) is 120 cm³/mol. The Balaban J connectivity index is 1.65. The van der Waals surface area contributed by atoms with E-state index in [1.807, 2.05) is 80.6 Å². The standard InChI is InChI=1S/C25H22N4O2/c1-17-10-6-8-14-20(17)23-22(16-29(28-23)19-12-4-3-5-13-19)25(31)27-26-24(30)21-15-9-7-11-18(21)2/h3-16H,1-2H3,(H,26,30)(H,27,31). The summed E-state index contributed by atoms with van der Waals surface area (Å²) in [5.41, 5.74) is 9.96. The Labute approximate surface area is 180 Å². The van der Waals surface area contributed by atoms with Crippen molar-refractivity contribution in [3.05, 3.63) is 107 Å². The number of nitrogens with one attached hydrogen (secondary N) is 2. The lowest BCUT2D eigenvalue weighted by Gasteiger charge is -2.09. The fourth-order valence-electron chi connectivity index (χ4n) is 3.37. The van der Waals surface area contributed by atoms with Crippen LogP contribution in [0, 0.1) is 13.8 Å². The maximum Gasteiger partial charge on any atom is 0.273 e. The molecule has 0 atom stereocenters. The molecule has 0 bridgehead atoms. The number of hydrazine groups is 1. The molecular weight excluding hydrogens is 388 g/mol. The molecule has 0 saturated carbocycles. The summed E-state index contributed by atoms with van der Waals surface area (Å²) < 4.78 is 1.67. The van der Waals surface area contributed by atoms with Crippen LogP contribution in [0.25, 0.3) is 16.9 Å². The molecule has 1 heterocycles. The van der Waals surface area contributed by atoms with E-state index in [0.29, 0.717) is 16.8 Å². The average Bonchev–Trinajstić information content (AvgIpc) is 3.24. The van der Waals surface area contributed by atoms with Gasteiger partial charge in [-0.25, -0.2) is 4.68 Å². The molecule has 0 saturated heterocycles. The van der Waals surface area contributed by atoms with E-state index in [0.717, 1.165) is 22.4 Å². The second-order valence-electron chi connectivity index (χ2n) is 7.21. The first-order chi connectivity index (χ1) is 15.0. The van der Waals surface area contributed by atoms with E-state index in [1.165, 1.54) is 0 Å². The molecule has 4 aromatic rings. The molecule has 2 N–H and O–H groups in total. The second-order valence-corrected chi connectivity index (χ2v) is 7.21. The van der Waals surface area contributed by atoms with Crippen molar-refractivity contribution < 1.29 is 9.59 Å². The van der Waals surface area contributed by atoms with Gasteiger partial charge < -0.3 is 0 Å². The molecule has 4 rings (SSSR count). The molecule has 6 nitrogen and oxygen atoms in total. The molecule has 0 unspecified atom stereocenters. The van der Waals surface area contributed by atoms with Crippen LogP contribution in [0.4, 0.5) is 0 Å². The summed E-state index contributed by atoms with van der Waals surface area (Å²) in [5.74, 6) is -0.818. The van der Waals surface area contributed by atoms with Crippen LogP contribution >= 0.6 is 0 Å². The number of nitrogens with zero attached hydrogens (tertiary/aromatic N) is 2. The van der Waals surface area contributed by atoms with Crippen LogP contribution in [0.5, 0.6) is 0 Å². The Morgan fingerprint density at radius 1 is 0.710 bits per heavy atom. The van der Waals surface area contributed by atoms with Gasteiger partial charge in [-0.1, -0.05) is 60.7 Å². The van der Waals surface area contributed by atoms with E-state index < -0.39 is 5.91 Å². The zero-order valence-electron chi connectivity index (χ0n) is 17.3. The Kier molecular flexibility index (Phi) is 5.62. The molecule has 0 radical (unpaired) electrons. The zero-order valence-corrected chi connectivity index (χ0v) is 17.3. The van der Waals surface area contributed by atoms with Crippen molar-refractivity contribution in [1.29, 1.82) is 0 Å². The van der Waals surface area contributed by atoms with E-state index in [9.17, 15) is 9.59 Å². The molecule has 0 aliphatic heterocycles. The summed E-state index contributed by atoms with van der Waals surface area (Å²) in [4.78, 5) is 25.5.